The van der Waals surface area contributed by atoms with Gasteiger partial charge in [-0.2, -0.15) is 0 Å². The summed E-state index contributed by atoms with van der Waals surface area (Å²) in [4.78, 5) is 4.12. The lowest BCUT2D eigenvalue weighted by molar-refractivity contribution is 0.206. The first-order valence-corrected chi connectivity index (χ1v) is 8.54. The molecule has 0 fully saturated rings. The van der Waals surface area contributed by atoms with Crippen LogP contribution in [0, 0.1) is 0 Å². The van der Waals surface area contributed by atoms with Crippen LogP contribution >= 0.6 is 0 Å². The Morgan fingerprint density at radius 2 is 2.12 bits per heavy atom. The van der Waals surface area contributed by atoms with E-state index >= 15 is 0 Å². The molecule has 4 rings (SSSR count). The second kappa shape index (κ2) is 7.03. The van der Waals surface area contributed by atoms with Crippen LogP contribution in [-0.4, -0.2) is 32.6 Å². The van der Waals surface area contributed by atoms with Crippen LogP contribution in [0.15, 0.2) is 55.0 Å². The lowest BCUT2D eigenvalue weighted by atomic mass is 9.98. The van der Waals surface area contributed by atoms with E-state index in [0.29, 0.717) is 19.0 Å². The number of rotatable bonds is 6. The van der Waals surface area contributed by atoms with Gasteiger partial charge in [-0.1, -0.05) is 36.4 Å². The van der Waals surface area contributed by atoms with Gasteiger partial charge >= 0.3 is 0 Å². The monoisotopic (exact) mass is 335 g/mol. The molecular weight excluding hydrogens is 314 g/mol. The fourth-order valence-corrected chi connectivity index (χ4v) is 3.17. The molecule has 128 valence electrons. The molecule has 6 nitrogen and oxygen atoms in total. The largest absolute Gasteiger partial charge is 0.488 e. The van der Waals surface area contributed by atoms with Crippen molar-refractivity contribution in [2.24, 2.45) is 0 Å². The zero-order valence-electron chi connectivity index (χ0n) is 14.2. The molecule has 2 atom stereocenters. The summed E-state index contributed by atoms with van der Waals surface area (Å²) in [6.45, 7) is 4.35. The highest BCUT2D eigenvalue weighted by Gasteiger charge is 2.29. The van der Waals surface area contributed by atoms with Crippen LogP contribution in [0.3, 0.4) is 0 Å². The number of hydrogen-bond donors (Lipinski definition) is 1. The molecule has 0 unspecified atom stereocenters. The molecule has 3 heterocycles. The minimum Gasteiger partial charge on any atom is -0.488 e. The molecule has 25 heavy (non-hydrogen) atoms. The second-order valence-corrected chi connectivity index (χ2v) is 6.38. The summed E-state index contributed by atoms with van der Waals surface area (Å²) < 4.78 is 7.86. The second-order valence-electron chi connectivity index (χ2n) is 6.38. The van der Waals surface area contributed by atoms with E-state index in [4.69, 9.17) is 4.74 Å². The van der Waals surface area contributed by atoms with Gasteiger partial charge in [-0.3, -0.25) is 4.98 Å². The number of ether oxygens (including phenoxy) is 1. The van der Waals surface area contributed by atoms with Crippen LogP contribution in [0.25, 0.3) is 0 Å². The van der Waals surface area contributed by atoms with Gasteiger partial charge in [-0.25, -0.2) is 4.68 Å². The van der Waals surface area contributed by atoms with Crippen LogP contribution in [0.4, 0.5) is 0 Å². The quantitative estimate of drug-likeness (QED) is 0.749. The van der Waals surface area contributed by atoms with E-state index in [-0.39, 0.29) is 6.10 Å². The van der Waals surface area contributed by atoms with Gasteiger partial charge in [0.2, 0.25) is 0 Å². The van der Waals surface area contributed by atoms with Crippen molar-refractivity contribution in [3.8, 4) is 5.75 Å². The molecule has 6 heteroatoms. The third-order valence-electron chi connectivity index (χ3n) is 4.55. The van der Waals surface area contributed by atoms with E-state index in [1.165, 1.54) is 5.56 Å². The topological polar surface area (TPSA) is 64.9 Å². The molecule has 1 aromatic carbocycles. The number of benzene rings is 1. The summed E-state index contributed by atoms with van der Waals surface area (Å²) in [5.41, 5.74) is 3.32. The van der Waals surface area contributed by atoms with Crippen LogP contribution in [0.5, 0.6) is 5.75 Å². The molecular formula is C19H21N5O. The van der Waals surface area contributed by atoms with E-state index in [1.807, 2.05) is 41.3 Å². The number of pyridine rings is 1. The van der Waals surface area contributed by atoms with Crippen molar-refractivity contribution < 1.29 is 4.74 Å². The highest BCUT2D eigenvalue weighted by Crippen LogP contribution is 2.37. The SMILES string of the molecule is C[C@@H]1c2ccccc2O[C@@H]1CNCc1cn(Cc2cccnc2)nn1. The highest BCUT2D eigenvalue weighted by atomic mass is 16.5. The van der Waals surface area contributed by atoms with Crippen LogP contribution in [-0.2, 0) is 13.1 Å². The molecule has 2 aromatic heterocycles. The lowest BCUT2D eigenvalue weighted by Crippen LogP contribution is -2.31. The number of fused-ring (bicyclic) bond motifs is 1. The molecule has 0 radical (unpaired) electrons. The molecule has 0 aliphatic carbocycles. The van der Waals surface area contributed by atoms with Crippen molar-refractivity contribution in [1.82, 2.24) is 25.3 Å². The predicted molar refractivity (Wildman–Crippen MR) is 94.3 cm³/mol. The van der Waals surface area contributed by atoms with Gasteiger partial charge in [-0.15, -0.1) is 5.10 Å². The van der Waals surface area contributed by atoms with Crippen molar-refractivity contribution in [3.05, 3.63) is 71.8 Å². The van der Waals surface area contributed by atoms with E-state index in [1.54, 1.807) is 6.20 Å². The zero-order valence-corrected chi connectivity index (χ0v) is 14.2. The molecule has 0 spiro atoms. The number of para-hydroxylation sites is 1. The van der Waals surface area contributed by atoms with Crippen LogP contribution in [0.1, 0.15) is 29.7 Å². The zero-order chi connectivity index (χ0) is 17.1. The minimum absolute atomic E-state index is 0.155. The maximum absolute atomic E-state index is 6.03. The van der Waals surface area contributed by atoms with Gasteiger partial charge < -0.3 is 10.1 Å². The maximum Gasteiger partial charge on any atom is 0.123 e. The normalized spacial score (nSPS) is 18.8. The van der Waals surface area contributed by atoms with E-state index in [2.05, 4.69) is 39.7 Å². The third kappa shape index (κ3) is 3.53. The molecule has 3 aromatic rings. The molecule has 1 aliphatic heterocycles. The Labute approximate surface area is 146 Å². The van der Waals surface area contributed by atoms with E-state index < -0.39 is 0 Å². The average molecular weight is 335 g/mol. The summed E-state index contributed by atoms with van der Waals surface area (Å²) in [6.07, 6.45) is 5.73. The fourth-order valence-electron chi connectivity index (χ4n) is 3.17. The van der Waals surface area contributed by atoms with Gasteiger partial charge in [0.15, 0.2) is 0 Å². The summed E-state index contributed by atoms with van der Waals surface area (Å²) >= 11 is 0. The van der Waals surface area contributed by atoms with Gasteiger partial charge in [0, 0.05) is 37.0 Å². The Morgan fingerprint density at radius 3 is 2.96 bits per heavy atom. The summed E-state index contributed by atoms with van der Waals surface area (Å²) in [5.74, 6) is 1.40. The third-order valence-corrected chi connectivity index (χ3v) is 4.55. The van der Waals surface area contributed by atoms with Gasteiger partial charge in [0.1, 0.15) is 11.9 Å². The summed E-state index contributed by atoms with van der Waals surface area (Å²) in [6, 6.07) is 12.2. The van der Waals surface area contributed by atoms with Crippen molar-refractivity contribution in [2.75, 3.05) is 6.54 Å². The van der Waals surface area contributed by atoms with E-state index in [0.717, 1.165) is 23.6 Å². The van der Waals surface area contributed by atoms with Crippen molar-refractivity contribution in [2.45, 2.75) is 32.0 Å². The predicted octanol–water partition coefficient (Wildman–Crippen LogP) is 2.38. The molecule has 0 bridgehead atoms. The smallest absolute Gasteiger partial charge is 0.123 e. The highest BCUT2D eigenvalue weighted by molar-refractivity contribution is 5.40. The van der Waals surface area contributed by atoms with Gasteiger partial charge in [0.25, 0.3) is 0 Å². The number of aromatic nitrogens is 4. The number of nitrogens with zero attached hydrogens (tertiary/aromatic N) is 4. The minimum atomic E-state index is 0.155. The number of nitrogens with one attached hydrogen (secondary N) is 1. The average Bonchev–Trinajstić information content (AvgIpc) is 3.21. The molecule has 0 saturated carbocycles. The first-order valence-electron chi connectivity index (χ1n) is 8.54. The molecule has 0 amide bonds. The molecule has 1 N–H and O–H groups in total. The van der Waals surface area contributed by atoms with Gasteiger partial charge in [0.05, 0.1) is 18.4 Å². The van der Waals surface area contributed by atoms with Crippen molar-refractivity contribution in [1.29, 1.82) is 0 Å². The Kier molecular flexibility index (Phi) is 4.43. The molecule has 0 saturated heterocycles. The first kappa shape index (κ1) is 15.8. The standard InChI is InChI=1S/C19H21N5O/c1-14-17-6-2-3-7-18(17)25-19(14)11-21-10-16-13-24(23-22-16)12-15-5-4-8-20-9-15/h2-9,13-14,19,21H,10-12H2,1H3/t14-,19-/m1/s1. The molecule has 1 aliphatic rings. The Morgan fingerprint density at radius 1 is 1.20 bits per heavy atom. The van der Waals surface area contributed by atoms with E-state index in [9.17, 15) is 0 Å². The van der Waals surface area contributed by atoms with Crippen LogP contribution in [0.2, 0.25) is 0 Å². The Bertz CT molecular complexity index is 833. The van der Waals surface area contributed by atoms with Crippen molar-refractivity contribution >= 4 is 0 Å². The maximum atomic E-state index is 6.03. The lowest BCUT2D eigenvalue weighted by Gasteiger charge is -2.15. The summed E-state index contributed by atoms with van der Waals surface area (Å²) in [7, 11) is 0. The Hall–Kier alpha value is -2.73. The number of hydrogen-bond acceptors (Lipinski definition) is 5. The summed E-state index contributed by atoms with van der Waals surface area (Å²) in [5, 5.41) is 11.8. The fraction of sp³-hybridized carbons (Fsp3) is 0.316. The van der Waals surface area contributed by atoms with Crippen LogP contribution < -0.4 is 10.1 Å². The Balaban J connectivity index is 1.29. The van der Waals surface area contributed by atoms with Gasteiger partial charge in [-0.05, 0) is 17.7 Å². The van der Waals surface area contributed by atoms with Crippen molar-refractivity contribution in [3.63, 3.8) is 0 Å². The first-order chi connectivity index (χ1) is 12.3.